The van der Waals surface area contributed by atoms with Crippen LogP contribution in [0, 0.1) is 5.92 Å². The van der Waals surface area contributed by atoms with Gasteiger partial charge in [-0.15, -0.1) is 0 Å². The molecule has 7 nitrogen and oxygen atoms in total. The Morgan fingerprint density at radius 3 is 2.52 bits per heavy atom. The Bertz CT molecular complexity index is 673. The first-order valence-corrected chi connectivity index (χ1v) is 9.48. The molecule has 1 aromatic rings. The number of benzene rings is 1. The molecule has 0 spiro atoms. The van der Waals surface area contributed by atoms with Crippen LogP contribution >= 0.6 is 0 Å². The van der Waals surface area contributed by atoms with Crippen LogP contribution in [0.1, 0.15) is 12.8 Å². The number of rotatable bonds is 5. The molecule has 0 unspecified atom stereocenters. The summed E-state index contributed by atoms with van der Waals surface area (Å²) in [5.74, 6) is 0.883. The highest BCUT2D eigenvalue weighted by atomic mass is 16.5. The predicted molar refractivity (Wildman–Crippen MR) is 103 cm³/mol. The van der Waals surface area contributed by atoms with Gasteiger partial charge in [-0.05, 0) is 18.6 Å². The van der Waals surface area contributed by atoms with Crippen LogP contribution in [0.25, 0.3) is 0 Å². The molecule has 2 heterocycles. The number of ether oxygens (including phenoxy) is 2. The molecule has 2 fully saturated rings. The summed E-state index contributed by atoms with van der Waals surface area (Å²) in [6.07, 6.45) is 1.02. The first kappa shape index (κ1) is 19.5. The lowest BCUT2D eigenvalue weighted by molar-refractivity contribution is -0.148. The van der Waals surface area contributed by atoms with E-state index < -0.39 is 0 Å². The van der Waals surface area contributed by atoms with E-state index in [0.717, 1.165) is 24.5 Å². The summed E-state index contributed by atoms with van der Waals surface area (Å²) >= 11 is 0. The number of likely N-dealkylation sites (tertiary alicyclic amines) is 1. The second-order valence-electron chi connectivity index (χ2n) is 7.16. The number of hydrogen-bond donors (Lipinski definition) is 0. The summed E-state index contributed by atoms with van der Waals surface area (Å²) in [6, 6.07) is 7.78. The fourth-order valence-corrected chi connectivity index (χ4v) is 4.08. The Morgan fingerprint density at radius 2 is 1.85 bits per heavy atom. The molecule has 3 rings (SSSR count). The number of hydrogen-bond acceptors (Lipinski definition) is 5. The van der Waals surface area contributed by atoms with Crippen molar-refractivity contribution in [3.05, 3.63) is 24.3 Å². The number of carbonyl (C=O) groups excluding carboxylic acids is 2. The Balaban J connectivity index is 1.65. The molecule has 0 aromatic heterocycles. The number of nitrogens with zero attached hydrogens (tertiary/aromatic N) is 3. The first-order chi connectivity index (χ1) is 13.1. The molecule has 2 saturated heterocycles. The lowest BCUT2D eigenvalue weighted by Gasteiger charge is -2.42. The maximum absolute atomic E-state index is 13.1. The average molecular weight is 375 g/mol. The first-order valence-electron chi connectivity index (χ1n) is 9.48. The molecule has 7 heteroatoms. The van der Waals surface area contributed by atoms with Gasteiger partial charge in [0, 0.05) is 46.8 Å². The summed E-state index contributed by atoms with van der Waals surface area (Å²) in [7, 11) is 5.06. The van der Waals surface area contributed by atoms with E-state index in [1.165, 1.54) is 0 Å². The Kier molecular flexibility index (Phi) is 6.21. The standard InChI is InChI=1S/C20H29N3O4/c1-21-17(14-26-2)15(8-9-19(21)24)20(25)23-12-10-22(11-13-23)16-6-4-5-7-18(16)27-3/h4-7,15,17H,8-14H2,1-3H3/t15-,17-/m1/s1. The third-order valence-corrected chi connectivity index (χ3v) is 5.70. The monoisotopic (exact) mass is 375 g/mol. The van der Waals surface area contributed by atoms with Crippen molar-refractivity contribution < 1.29 is 19.1 Å². The highest BCUT2D eigenvalue weighted by Gasteiger charge is 2.40. The van der Waals surface area contributed by atoms with Crippen molar-refractivity contribution >= 4 is 17.5 Å². The van der Waals surface area contributed by atoms with E-state index in [0.29, 0.717) is 32.5 Å². The average Bonchev–Trinajstić information content (AvgIpc) is 2.71. The van der Waals surface area contributed by atoms with E-state index in [1.54, 1.807) is 26.2 Å². The zero-order valence-electron chi connectivity index (χ0n) is 16.4. The molecular weight excluding hydrogens is 346 g/mol. The fraction of sp³-hybridized carbons (Fsp3) is 0.600. The Labute approximate surface area is 160 Å². The molecule has 2 atom stereocenters. The molecule has 0 N–H and O–H groups in total. The highest BCUT2D eigenvalue weighted by Crippen LogP contribution is 2.30. The normalized spacial score (nSPS) is 23.5. The Morgan fingerprint density at radius 1 is 1.15 bits per heavy atom. The van der Waals surface area contributed by atoms with Crippen molar-refractivity contribution in [2.75, 3.05) is 59.0 Å². The van der Waals surface area contributed by atoms with Crippen LogP contribution in [-0.2, 0) is 14.3 Å². The second-order valence-corrected chi connectivity index (χ2v) is 7.16. The van der Waals surface area contributed by atoms with Crippen LogP contribution < -0.4 is 9.64 Å². The Hall–Kier alpha value is -2.28. The number of para-hydroxylation sites is 2. The number of amides is 2. The van der Waals surface area contributed by atoms with E-state index >= 15 is 0 Å². The van der Waals surface area contributed by atoms with Crippen molar-refractivity contribution in [1.29, 1.82) is 0 Å². The van der Waals surface area contributed by atoms with Gasteiger partial charge in [-0.25, -0.2) is 0 Å². The summed E-state index contributed by atoms with van der Waals surface area (Å²) < 4.78 is 10.7. The van der Waals surface area contributed by atoms with Gasteiger partial charge in [-0.1, -0.05) is 12.1 Å². The van der Waals surface area contributed by atoms with E-state index in [4.69, 9.17) is 9.47 Å². The maximum Gasteiger partial charge on any atom is 0.227 e. The lowest BCUT2D eigenvalue weighted by Crippen LogP contribution is -2.57. The smallest absolute Gasteiger partial charge is 0.227 e. The van der Waals surface area contributed by atoms with Gasteiger partial charge < -0.3 is 24.2 Å². The third kappa shape index (κ3) is 4.03. The fourth-order valence-electron chi connectivity index (χ4n) is 4.08. The van der Waals surface area contributed by atoms with Gasteiger partial charge in [-0.2, -0.15) is 0 Å². The van der Waals surface area contributed by atoms with Crippen LogP contribution in [0.3, 0.4) is 0 Å². The van der Waals surface area contributed by atoms with Gasteiger partial charge >= 0.3 is 0 Å². The predicted octanol–water partition coefficient (Wildman–Crippen LogP) is 1.23. The van der Waals surface area contributed by atoms with Gasteiger partial charge in [0.15, 0.2) is 0 Å². The number of piperazine rings is 1. The van der Waals surface area contributed by atoms with Crippen molar-refractivity contribution in [3.8, 4) is 5.75 Å². The molecule has 0 radical (unpaired) electrons. The van der Waals surface area contributed by atoms with Crippen LogP contribution in [0.5, 0.6) is 5.75 Å². The number of likely N-dealkylation sites (N-methyl/N-ethyl adjacent to an activating group) is 1. The maximum atomic E-state index is 13.1. The molecule has 1 aromatic carbocycles. The molecule has 0 saturated carbocycles. The summed E-state index contributed by atoms with van der Waals surface area (Å²) in [4.78, 5) is 31.0. The van der Waals surface area contributed by atoms with Crippen molar-refractivity contribution in [2.45, 2.75) is 18.9 Å². The summed E-state index contributed by atoms with van der Waals surface area (Å²) in [5, 5.41) is 0. The molecule has 2 amide bonds. The number of carbonyl (C=O) groups is 2. The summed E-state index contributed by atoms with van der Waals surface area (Å²) in [5.41, 5.74) is 1.06. The second kappa shape index (κ2) is 8.61. The van der Waals surface area contributed by atoms with Crippen LogP contribution in [0.15, 0.2) is 24.3 Å². The van der Waals surface area contributed by atoms with Crippen molar-refractivity contribution in [1.82, 2.24) is 9.80 Å². The third-order valence-electron chi connectivity index (χ3n) is 5.70. The quantitative estimate of drug-likeness (QED) is 0.775. The molecule has 0 aliphatic carbocycles. The number of piperidine rings is 1. The van der Waals surface area contributed by atoms with Crippen molar-refractivity contribution in [3.63, 3.8) is 0 Å². The molecule has 148 valence electrons. The van der Waals surface area contributed by atoms with Gasteiger partial charge in [0.25, 0.3) is 0 Å². The number of methoxy groups -OCH3 is 2. The molecular formula is C20H29N3O4. The van der Waals surface area contributed by atoms with Gasteiger partial charge in [-0.3, -0.25) is 9.59 Å². The van der Waals surface area contributed by atoms with Crippen LogP contribution in [0.2, 0.25) is 0 Å². The van der Waals surface area contributed by atoms with Crippen LogP contribution in [-0.4, -0.2) is 81.7 Å². The van der Waals surface area contributed by atoms with Gasteiger partial charge in [0.2, 0.25) is 11.8 Å². The summed E-state index contributed by atoms with van der Waals surface area (Å²) in [6.45, 7) is 3.26. The van der Waals surface area contributed by atoms with E-state index in [1.807, 2.05) is 29.2 Å². The zero-order valence-corrected chi connectivity index (χ0v) is 16.4. The topological polar surface area (TPSA) is 62.3 Å². The largest absolute Gasteiger partial charge is 0.495 e. The van der Waals surface area contributed by atoms with E-state index in [2.05, 4.69) is 4.90 Å². The van der Waals surface area contributed by atoms with Gasteiger partial charge in [0.1, 0.15) is 5.75 Å². The minimum atomic E-state index is -0.189. The molecule has 27 heavy (non-hydrogen) atoms. The molecule has 2 aliphatic heterocycles. The highest BCUT2D eigenvalue weighted by molar-refractivity contribution is 5.84. The minimum Gasteiger partial charge on any atom is -0.495 e. The lowest BCUT2D eigenvalue weighted by atomic mass is 9.88. The number of anilines is 1. The SMILES string of the molecule is COC[C@@H]1[C@H](C(=O)N2CCN(c3ccccc3OC)CC2)CCC(=O)N1C. The minimum absolute atomic E-state index is 0.0853. The zero-order chi connectivity index (χ0) is 19.4. The van der Waals surface area contributed by atoms with E-state index in [-0.39, 0.29) is 23.8 Å². The molecule has 2 aliphatic rings. The van der Waals surface area contributed by atoms with E-state index in [9.17, 15) is 9.59 Å². The molecule has 0 bridgehead atoms. The van der Waals surface area contributed by atoms with Gasteiger partial charge in [0.05, 0.1) is 31.4 Å². The van der Waals surface area contributed by atoms with Crippen molar-refractivity contribution in [2.24, 2.45) is 5.92 Å². The van der Waals surface area contributed by atoms with Crippen LogP contribution in [0.4, 0.5) is 5.69 Å².